The van der Waals surface area contributed by atoms with Crippen LogP contribution in [0.2, 0.25) is 0 Å². The van der Waals surface area contributed by atoms with Crippen LogP contribution in [-0.4, -0.2) is 22.6 Å². The van der Waals surface area contributed by atoms with Gasteiger partial charge in [-0.3, -0.25) is 0 Å². The maximum atomic E-state index is 13.3. The molecule has 0 fully saturated rings. The van der Waals surface area contributed by atoms with E-state index >= 15 is 0 Å². The van der Waals surface area contributed by atoms with Crippen molar-refractivity contribution in [2.75, 3.05) is 0 Å². The van der Waals surface area contributed by atoms with Crippen LogP contribution >= 0.6 is 0 Å². The highest BCUT2D eigenvalue weighted by molar-refractivity contribution is 5.19. The zero-order valence-electron chi connectivity index (χ0n) is 9.08. The molecular formula is C9H6F9N. The normalized spacial score (nSPS) is 14.8. The summed E-state index contributed by atoms with van der Waals surface area (Å²) in [6.07, 6.45) is -5.99. The Bertz CT molecular complexity index is 457. The Balaban J connectivity index is 3.38. The topological polar surface area (TPSA) is 4.93 Å². The molecule has 0 aliphatic carbocycles. The largest absolute Gasteiger partial charge is 0.460 e. The van der Waals surface area contributed by atoms with Gasteiger partial charge in [-0.15, -0.1) is 0 Å². The summed E-state index contributed by atoms with van der Waals surface area (Å²) in [5, 5.41) is 0. The Hall–Kier alpha value is -1.35. The van der Waals surface area contributed by atoms with Crippen molar-refractivity contribution in [3.63, 3.8) is 0 Å². The number of aryl methyl sites for hydroxylation is 1. The first kappa shape index (κ1) is 15.7. The number of hydrogen-bond acceptors (Lipinski definition) is 0. The molecule has 0 atom stereocenters. The highest BCUT2D eigenvalue weighted by Gasteiger charge is 2.82. The van der Waals surface area contributed by atoms with E-state index < -0.39 is 29.6 Å². The fourth-order valence-electron chi connectivity index (χ4n) is 1.32. The van der Waals surface area contributed by atoms with Gasteiger partial charge in [0.2, 0.25) is 0 Å². The molecule has 10 heteroatoms. The monoisotopic (exact) mass is 299 g/mol. The maximum absolute atomic E-state index is 13.3. The van der Waals surface area contributed by atoms with Crippen molar-refractivity contribution in [3.8, 4) is 0 Å². The van der Waals surface area contributed by atoms with E-state index in [0.717, 1.165) is 19.3 Å². The van der Waals surface area contributed by atoms with Gasteiger partial charge in [0.1, 0.15) is 0 Å². The van der Waals surface area contributed by atoms with Crippen molar-refractivity contribution in [3.05, 3.63) is 24.0 Å². The summed E-state index contributed by atoms with van der Waals surface area (Å²) in [4.78, 5) is 0. The first-order chi connectivity index (χ1) is 8.27. The number of alkyl halides is 9. The summed E-state index contributed by atoms with van der Waals surface area (Å²) in [6, 6.07) is 1.14. The van der Waals surface area contributed by atoms with E-state index in [1.165, 1.54) is 0 Å². The lowest BCUT2D eigenvalue weighted by Crippen LogP contribution is -2.59. The first-order valence-electron chi connectivity index (χ1n) is 4.59. The molecule has 0 aliphatic rings. The lowest BCUT2D eigenvalue weighted by atomic mass is 10.0. The minimum absolute atomic E-state index is 0.334. The molecule has 110 valence electrons. The molecule has 1 heterocycles. The molecule has 19 heavy (non-hydrogen) atoms. The molecule has 0 bridgehead atoms. The summed E-state index contributed by atoms with van der Waals surface area (Å²) >= 11 is 0. The standard InChI is InChI=1S/C9H6F9N/c1-19-4-2-3-5(19)6(10,11)7(12,13)8(14,15)9(16,17)18/h2-4H,1H3. The van der Waals surface area contributed by atoms with Gasteiger partial charge in [0, 0.05) is 13.2 Å². The zero-order valence-corrected chi connectivity index (χ0v) is 9.08. The third-order valence-corrected chi connectivity index (χ3v) is 2.41. The van der Waals surface area contributed by atoms with Crippen molar-refractivity contribution in [2.24, 2.45) is 7.05 Å². The van der Waals surface area contributed by atoms with Crippen molar-refractivity contribution >= 4 is 0 Å². The summed E-state index contributed by atoms with van der Waals surface area (Å²) in [6.45, 7) is 0. The SMILES string of the molecule is Cn1cccc1C(F)(F)C(F)(F)C(F)(F)C(F)(F)F. The fraction of sp³-hybridized carbons (Fsp3) is 0.556. The second-order valence-corrected chi connectivity index (χ2v) is 3.73. The minimum Gasteiger partial charge on any atom is -0.349 e. The van der Waals surface area contributed by atoms with Crippen LogP contribution < -0.4 is 0 Å². The predicted molar refractivity (Wildman–Crippen MR) is 45.3 cm³/mol. The third kappa shape index (κ3) is 2.06. The Morgan fingerprint density at radius 1 is 0.842 bits per heavy atom. The van der Waals surface area contributed by atoms with E-state index in [4.69, 9.17) is 0 Å². The van der Waals surface area contributed by atoms with Gasteiger partial charge >= 0.3 is 23.9 Å². The lowest BCUT2D eigenvalue weighted by Gasteiger charge is -2.33. The van der Waals surface area contributed by atoms with Gasteiger partial charge in [-0.25, -0.2) is 0 Å². The van der Waals surface area contributed by atoms with Crippen LogP contribution in [0.1, 0.15) is 5.69 Å². The lowest BCUT2D eigenvalue weighted by molar-refractivity contribution is -0.400. The van der Waals surface area contributed by atoms with Crippen molar-refractivity contribution < 1.29 is 39.5 Å². The molecule has 0 radical (unpaired) electrons. The van der Waals surface area contributed by atoms with Gasteiger partial charge in [0.15, 0.2) is 0 Å². The van der Waals surface area contributed by atoms with Crippen molar-refractivity contribution in [2.45, 2.75) is 23.9 Å². The molecular weight excluding hydrogens is 293 g/mol. The summed E-state index contributed by atoms with van der Waals surface area (Å²) in [5.74, 6) is -19.2. The summed E-state index contributed by atoms with van der Waals surface area (Å²) in [7, 11) is 0.811. The molecule has 1 aromatic heterocycles. The van der Waals surface area contributed by atoms with Gasteiger partial charge in [-0.1, -0.05) is 0 Å². The quantitative estimate of drug-likeness (QED) is 0.745. The second kappa shape index (κ2) is 4.07. The van der Waals surface area contributed by atoms with Crippen LogP contribution in [0.25, 0.3) is 0 Å². The van der Waals surface area contributed by atoms with Crippen molar-refractivity contribution in [1.29, 1.82) is 0 Å². The van der Waals surface area contributed by atoms with E-state index in [9.17, 15) is 39.5 Å². The van der Waals surface area contributed by atoms with Gasteiger partial charge < -0.3 is 4.57 Å². The average Bonchev–Trinajstić information content (AvgIpc) is 2.62. The molecule has 0 unspecified atom stereocenters. The fourth-order valence-corrected chi connectivity index (χ4v) is 1.32. The minimum atomic E-state index is -6.87. The van der Waals surface area contributed by atoms with Crippen LogP contribution in [0.4, 0.5) is 39.5 Å². The van der Waals surface area contributed by atoms with Gasteiger partial charge in [-0.05, 0) is 12.1 Å². The van der Waals surface area contributed by atoms with E-state index in [2.05, 4.69) is 0 Å². The van der Waals surface area contributed by atoms with Crippen LogP contribution in [0.15, 0.2) is 18.3 Å². The molecule has 1 rings (SSSR count). The highest BCUT2D eigenvalue weighted by Crippen LogP contribution is 2.56. The van der Waals surface area contributed by atoms with Crippen LogP contribution in [0.5, 0.6) is 0 Å². The molecule has 0 amide bonds. The van der Waals surface area contributed by atoms with Crippen LogP contribution in [-0.2, 0) is 13.0 Å². The average molecular weight is 299 g/mol. The number of nitrogens with zero attached hydrogens (tertiary/aromatic N) is 1. The molecule has 1 nitrogen and oxygen atoms in total. The molecule has 0 aromatic carbocycles. The number of halogens is 9. The number of hydrogen-bond donors (Lipinski definition) is 0. The molecule has 0 spiro atoms. The van der Waals surface area contributed by atoms with E-state index in [-0.39, 0.29) is 0 Å². The Morgan fingerprint density at radius 2 is 1.32 bits per heavy atom. The second-order valence-electron chi connectivity index (χ2n) is 3.73. The predicted octanol–water partition coefficient (Wildman–Crippen LogP) is 3.95. The number of aromatic nitrogens is 1. The smallest absolute Gasteiger partial charge is 0.349 e. The van der Waals surface area contributed by atoms with Crippen LogP contribution in [0, 0.1) is 0 Å². The Labute approximate surface area is 100 Å². The molecule has 0 saturated carbocycles. The molecule has 1 aromatic rings. The van der Waals surface area contributed by atoms with Crippen molar-refractivity contribution in [1.82, 2.24) is 4.57 Å². The first-order valence-corrected chi connectivity index (χ1v) is 4.59. The third-order valence-electron chi connectivity index (χ3n) is 2.41. The highest BCUT2D eigenvalue weighted by atomic mass is 19.4. The van der Waals surface area contributed by atoms with Gasteiger partial charge in [0.25, 0.3) is 0 Å². The van der Waals surface area contributed by atoms with Gasteiger partial charge in [0.05, 0.1) is 5.69 Å². The maximum Gasteiger partial charge on any atom is 0.460 e. The van der Waals surface area contributed by atoms with E-state index in [0.29, 0.717) is 10.6 Å². The van der Waals surface area contributed by atoms with E-state index in [1.807, 2.05) is 0 Å². The number of rotatable bonds is 3. The Morgan fingerprint density at radius 3 is 1.63 bits per heavy atom. The molecule has 0 N–H and O–H groups in total. The molecule has 0 saturated heterocycles. The summed E-state index contributed by atoms with van der Waals surface area (Å²) < 4.78 is 114. The summed E-state index contributed by atoms with van der Waals surface area (Å²) in [5.41, 5.74) is -1.65. The van der Waals surface area contributed by atoms with Crippen LogP contribution in [0.3, 0.4) is 0 Å². The zero-order chi connectivity index (χ0) is 15.3. The van der Waals surface area contributed by atoms with Gasteiger partial charge in [-0.2, -0.15) is 39.5 Å². The van der Waals surface area contributed by atoms with E-state index in [1.54, 1.807) is 0 Å². The molecule has 0 aliphatic heterocycles. The Kier molecular flexibility index (Phi) is 3.37.